The summed E-state index contributed by atoms with van der Waals surface area (Å²) in [5.41, 5.74) is 1.09. The summed E-state index contributed by atoms with van der Waals surface area (Å²) < 4.78 is 5.16. The third kappa shape index (κ3) is 5.61. The van der Waals surface area contributed by atoms with Gasteiger partial charge < -0.3 is 15.2 Å². The van der Waals surface area contributed by atoms with Gasteiger partial charge in [-0.1, -0.05) is 26.0 Å². The van der Waals surface area contributed by atoms with Crippen molar-refractivity contribution in [2.24, 2.45) is 5.92 Å². The molecule has 0 radical (unpaired) electrons. The van der Waals surface area contributed by atoms with E-state index in [1.54, 1.807) is 7.11 Å². The molecule has 2 N–H and O–H groups in total. The Morgan fingerprint density at radius 2 is 2.15 bits per heavy atom. The van der Waals surface area contributed by atoms with Gasteiger partial charge in [0, 0.05) is 19.1 Å². The molecule has 0 bridgehead atoms. The van der Waals surface area contributed by atoms with E-state index in [1.807, 2.05) is 38.1 Å². The number of aliphatic hydroxyl groups excluding tert-OH is 1. The first-order valence-corrected chi connectivity index (χ1v) is 7.10. The molecular formula is C16H25NO3. The lowest BCUT2D eigenvalue weighted by Crippen LogP contribution is -2.39. The van der Waals surface area contributed by atoms with Crippen molar-refractivity contribution in [1.29, 1.82) is 0 Å². The van der Waals surface area contributed by atoms with E-state index in [9.17, 15) is 4.79 Å². The van der Waals surface area contributed by atoms with Gasteiger partial charge in [-0.3, -0.25) is 4.79 Å². The number of aliphatic hydroxyl groups is 1. The summed E-state index contributed by atoms with van der Waals surface area (Å²) in [6.07, 6.45) is 1.73. The molecule has 1 unspecified atom stereocenters. The van der Waals surface area contributed by atoms with Gasteiger partial charge in [0.25, 0.3) is 0 Å². The fourth-order valence-electron chi connectivity index (χ4n) is 2.08. The minimum atomic E-state index is 0.0277. The molecule has 4 nitrogen and oxygen atoms in total. The molecule has 0 aliphatic rings. The maximum absolute atomic E-state index is 11.9. The standard InChI is InChI=1S/C16H25NO3/c1-12(2)15(9-10-18)17-16(19)8-7-13-5-4-6-14(11-13)20-3/h4-6,11-12,15,18H,7-10H2,1-3H3,(H,17,19). The lowest BCUT2D eigenvalue weighted by atomic mass is 10.0. The smallest absolute Gasteiger partial charge is 0.220 e. The lowest BCUT2D eigenvalue weighted by molar-refractivity contribution is -0.122. The van der Waals surface area contributed by atoms with Gasteiger partial charge in [0.15, 0.2) is 0 Å². The Kier molecular flexibility index (Phi) is 7.09. The monoisotopic (exact) mass is 279 g/mol. The van der Waals surface area contributed by atoms with Crippen molar-refractivity contribution in [3.8, 4) is 5.75 Å². The summed E-state index contributed by atoms with van der Waals surface area (Å²) >= 11 is 0. The van der Waals surface area contributed by atoms with Crippen LogP contribution in [0.5, 0.6) is 5.75 Å². The average Bonchev–Trinajstić information content (AvgIpc) is 2.44. The Morgan fingerprint density at radius 3 is 2.75 bits per heavy atom. The van der Waals surface area contributed by atoms with Gasteiger partial charge in [-0.05, 0) is 36.5 Å². The van der Waals surface area contributed by atoms with E-state index in [-0.39, 0.29) is 18.6 Å². The Bertz CT molecular complexity index is 418. The highest BCUT2D eigenvalue weighted by atomic mass is 16.5. The SMILES string of the molecule is COc1cccc(CCC(=O)NC(CCO)C(C)C)c1. The Balaban J connectivity index is 2.45. The number of benzene rings is 1. The van der Waals surface area contributed by atoms with E-state index < -0.39 is 0 Å². The third-order valence-electron chi connectivity index (χ3n) is 3.37. The van der Waals surface area contributed by atoms with Gasteiger partial charge in [0.1, 0.15) is 5.75 Å². The first-order chi connectivity index (χ1) is 9.56. The van der Waals surface area contributed by atoms with Gasteiger partial charge in [-0.2, -0.15) is 0 Å². The number of hydrogen-bond acceptors (Lipinski definition) is 3. The van der Waals surface area contributed by atoms with Crippen molar-refractivity contribution in [1.82, 2.24) is 5.32 Å². The fourth-order valence-corrected chi connectivity index (χ4v) is 2.08. The van der Waals surface area contributed by atoms with E-state index >= 15 is 0 Å². The second kappa shape index (κ2) is 8.59. The zero-order valence-electron chi connectivity index (χ0n) is 12.6. The topological polar surface area (TPSA) is 58.6 Å². The molecule has 0 spiro atoms. The zero-order valence-corrected chi connectivity index (χ0v) is 12.6. The minimum Gasteiger partial charge on any atom is -0.497 e. The molecule has 0 aromatic heterocycles. The van der Waals surface area contributed by atoms with Crippen LogP contribution in [0.3, 0.4) is 0 Å². The lowest BCUT2D eigenvalue weighted by Gasteiger charge is -2.21. The van der Waals surface area contributed by atoms with Gasteiger partial charge in [0.05, 0.1) is 7.11 Å². The quantitative estimate of drug-likeness (QED) is 0.766. The predicted octanol–water partition coefficient (Wildman–Crippen LogP) is 2.15. The summed E-state index contributed by atoms with van der Waals surface area (Å²) in [6, 6.07) is 7.79. The van der Waals surface area contributed by atoms with E-state index in [4.69, 9.17) is 9.84 Å². The second-order valence-electron chi connectivity index (χ2n) is 5.28. The first-order valence-electron chi connectivity index (χ1n) is 7.10. The van der Waals surface area contributed by atoms with Gasteiger partial charge in [0.2, 0.25) is 5.91 Å². The zero-order chi connectivity index (χ0) is 15.0. The molecule has 1 aromatic carbocycles. The molecule has 0 saturated heterocycles. The second-order valence-corrected chi connectivity index (χ2v) is 5.28. The number of amides is 1. The van der Waals surface area contributed by atoms with Crippen LogP contribution in [-0.2, 0) is 11.2 Å². The van der Waals surface area contributed by atoms with Crippen molar-refractivity contribution in [3.05, 3.63) is 29.8 Å². The summed E-state index contributed by atoms with van der Waals surface area (Å²) in [7, 11) is 1.63. The number of rotatable bonds is 8. The molecule has 1 amide bonds. The molecule has 0 aliphatic heterocycles. The largest absolute Gasteiger partial charge is 0.497 e. The van der Waals surface area contributed by atoms with Crippen LogP contribution in [0.2, 0.25) is 0 Å². The predicted molar refractivity (Wildman–Crippen MR) is 79.8 cm³/mol. The minimum absolute atomic E-state index is 0.0277. The average molecular weight is 279 g/mol. The molecule has 20 heavy (non-hydrogen) atoms. The molecule has 1 atom stereocenters. The number of methoxy groups -OCH3 is 1. The van der Waals surface area contributed by atoms with Crippen LogP contribution >= 0.6 is 0 Å². The summed E-state index contributed by atoms with van der Waals surface area (Å²) in [5.74, 6) is 1.16. The van der Waals surface area contributed by atoms with E-state index in [1.165, 1.54) is 0 Å². The maximum Gasteiger partial charge on any atom is 0.220 e. The number of aryl methyl sites for hydroxylation is 1. The number of nitrogens with one attached hydrogen (secondary N) is 1. The fraction of sp³-hybridized carbons (Fsp3) is 0.562. The Labute approximate surface area is 121 Å². The maximum atomic E-state index is 11.9. The van der Waals surface area contributed by atoms with Crippen molar-refractivity contribution >= 4 is 5.91 Å². The summed E-state index contributed by atoms with van der Waals surface area (Å²) in [5, 5.41) is 12.0. The molecule has 1 rings (SSSR count). The Hall–Kier alpha value is -1.55. The van der Waals surface area contributed by atoms with Gasteiger partial charge >= 0.3 is 0 Å². The van der Waals surface area contributed by atoms with Gasteiger partial charge in [-0.25, -0.2) is 0 Å². The first kappa shape index (κ1) is 16.5. The number of carbonyl (C=O) groups is 1. The highest BCUT2D eigenvalue weighted by Crippen LogP contribution is 2.14. The number of hydrogen-bond donors (Lipinski definition) is 2. The van der Waals surface area contributed by atoms with Crippen LogP contribution in [-0.4, -0.2) is 30.8 Å². The molecule has 1 aromatic rings. The van der Waals surface area contributed by atoms with Crippen LogP contribution in [0.25, 0.3) is 0 Å². The van der Waals surface area contributed by atoms with E-state index in [0.717, 1.165) is 11.3 Å². The van der Waals surface area contributed by atoms with Gasteiger partial charge in [-0.15, -0.1) is 0 Å². The number of carbonyl (C=O) groups excluding carboxylic acids is 1. The van der Waals surface area contributed by atoms with Crippen LogP contribution < -0.4 is 10.1 Å². The Morgan fingerprint density at radius 1 is 1.40 bits per heavy atom. The number of ether oxygens (including phenoxy) is 1. The van der Waals surface area contributed by atoms with Crippen molar-refractivity contribution < 1.29 is 14.6 Å². The third-order valence-corrected chi connectivity index (χ3v) is 3.37. The highest BCUT2D eigenvalue weighted by Gasteiger charge is 2.15. The highest BCUT2D eigenvalue weighted by molar-refractivity contribution is 5.76. The molecule has 0 aliphatic carbocycles. The van der Waals surface area contributed by atoms with Crippen molar-refractivity contribution in [3.63, 3.8) is 0 Å². The molecule has 0 saturated carbocycles. The molecule has 4 heteroatoms. The molecular weight excluding hydrogens is 254 g/mol. The molecule has 0 fully saturated rings. The summed E-state index contributed by atoms with van der Waals surface area (Å²) in [4.78, 5) is 11.9. The summed E-state index contributed by atoms with van der Waals surface area (Å²) in [6.45, 7) is 4.18. The normalized spacial score (nSPS) is 12.2. The van der Waals surface area contributed by atoms with Crippen LogP contribution in [0.15, 0.2) is 24.3 Å². The van der Waals surface area contributed by atoms with Crippen molar-refractivity contribution in [2.75, 3.05) is 13.7 Å². The van der Waals surface area contributed by atoms with Crippen molar-refractivity contribution in [2.45, 2.75) is 39.2 Å². The van der Waals surface area contributed by atoms with Crippen LogP contribution in [0, 0.1) is 5.92 Å². The van der Waals surface area contributed by atoms with E-state index in [2.05, 4.69) is 5.32 Å². The van der Waals surface area contributed by atoms with E-state index in [0.29, 0.717) is 25.2 Å². The van der Waals surface area contributed by atoms with Crippen LogP contribution in [0.1, 0.15) is 32.3 Å². The molecule has 112 valence electrons. The van der Waals surface area contributed by atoms with Crippen LogP contribution in [0.4, 0.5) is 0 Å². The molecule has 0 heterocycles.